The van der Waals surface area contributed by atoms with Gasteiger partial charge < -0.3 is 9.97 Å². The Morgan fingerprint density at radius 2 is 1.62 bits per heavy atom. The molecule has 1 aliphatic rings. The van der Waals surface area contributed by atoms with Gasteiger partial charge in [0.05, 0.1) is 10.1 Å². The molecule has 0 fully saturated rings. The summed E-state index contributed by atoms with van der Waals surface area (Å²) in [5.41, 5.74) is 5.40. The summed E-state index contributed by atoms with van der Waals surface area (Å²) in [5, 5.41) is 2.13. The number of amides is 2. The number of H-pyrrole nitrogens is 2. The number of hydrogen-bond donors (Lipinski definition) is 2. The fraction of sp³-hybridized carbons (Fsp3) is 0.130. The largest absolute Gasteiger partial charge is 0.358 e. The molecule has 0 saturated carbocycles. The van der Waals surface area contributed by atoms with Gasteiger partial charge in [0.25, 0.3) is 11.8 Å². The molecule has 5 nitrogen and oxygen atoms in total. The van der Waals surface area contributed by atoms with Gasteiger partial charge in [0, 0.05) is 40.4 Å². The Labute approximate surface area is 175 Å². The van der Waals surface area contributed by atoms with Crippen LogP contribution in [-0.2, 0) is 22.4 Å². The molecular formula is C23H18BrN3O2. The van der Waals surface area contributed by atoms with E-state index in [0.717, 1.165) is 44.7 Å². The third-order valence-electron chi connectivity index (χ3n) is 5.49. The van der Waals surface area contributed by atoms with Crippen molar-refractivity contribution < 1.29 is 9.59 Å². The third kappa shape index (κ3) is 2.83. The van der Waals surface area contributed by atoms with Crippen LogP contribution in [0.5, 0.6) is 0 Å². The fourth-order valence-electron chi connectivity index (χ4n) is 4.02. The Morgan fingerprint density at radius 3 is 2.34 bits per heavy atom. The summed E-state index contributed by atoms with van der Waals surface area (Å²) in [5.74, 6) is -0.588. The van der Waals surface area contributed by atoms with Gasteiger partial charge >= 0.3 is 0 Å². The van der Waals surface area contributed by atoms with Crippen LogP contribution in [-0.4, -0.2) is 33.7 Å². The van der Waals surface area contributed by atoms with Crippen molar-refractivity contribution in [1.29, 1.82) is 0 Å². The number of aryl methyl sites for hydroxylation is 2. The summed E-state index contributed by atoms with van der Waals surface area (Å²) in [4.78, 5) is 33.2. The van der Waals surface area contributed by atoms with Gasteiger partial charge in [-0.15, -0.1) is 0 Å². The first-order chi connectivity index (χ1) is 14.0. The lowest BCUT2D eigenvalue weighted by Crippen LogP contribution is -2.26. The van der Waals surface area contributed by atoms with E-state index in [1.165, 1.54) is 12.4 Å². The van der Waals surface area contributed by atoms with Crippen molar-refractivity contribution in [2.75, 3.05) is 7.05 Å². The highest BCUT2D eigenvalue weighted by Crippen LogP contribution is 2.38. The van der Waals surface area contributed by atoms with Crippen molar-refractivity contribution >= 4 is 55.1 Å². The smallest absolute Gasteiger partial charge is 0.268 e. The Kier molecular flexibility index (Phi) is 4.17. The molecule has 144 valence electrons. The number of carbonyl (C=O) groups excluding carboxylic acids is 2. The summed E-state index contributed by atoms with van der Waals surface area (Å²) in [7, 11) is 1.51. The highest BCUT2D eigenvalue weighted by molar-refractivity contribution is 9.12. The molecule has 0 spiro atoms. The number of fused-ring (bicyclic) bond motifs is 2. The lowest BCUT2D eigenvalue weighted by atomic mass is 9.99. The lowest BCUT2D eigenvalue weighted by Gasteiger charge is -2.08. The first-order valence-corrected chi connectivity index (χ1v) is 10.2. The van der Waals surface area contributed by atoms with Crippen LogP contribution < -0.4 is 0 Å². The van der Waals surface area contributed by atoms with Crippen molar-refractivity contribution in [3.63, 3.8) is 0 Å². The standard InChI is InChI=1S/C23H18BrN3O2/c1-27-22(28)20(21(24)23(27)29)19-15-7-3-5-9-17(15)26-18(19)11-10-14-12-13-6-2-4-8-16(13)25-14/h2-9,12,25-26H,10-11H2,1H3. The number of aromatic amines is 2. The Bertz CT molecular complexity index is 1300. The average molecular weight is 448 g/mol. The zero-order chi connectivity index (χ0) is 20.1. The molecular weight excluding hydrogens is 430 g/mol. The summed E-state index contributed by atoms with van der Waals surface area (Å²) in [6, 6.07) is 18.2. The fourth-order valence-corrected chi connectivity index (χ4v) is 4.66. The summed E-state index contributed by atoms with van der Waals surface area (Å²) >= 11 is 3.36. The number of para-hydroxylation sites is 2. The number of aromatic nitrogens is 2. The van der Waals surface area contributed by atoms with Crippen molar-refractivity contribution in [3.05, 3.63) is 76.0 Å². The van der Waals surface area contributed by atoms with Crippen LogP contribution in [0, 0.1) is 0 Å². The summed E-state index contributed by atoms with van der Waals surface area (Å²) < 4.78 is 0.321. The number of nitrogens with zero attached hydrogens (tertiary/aromatic N) is 1. The molecule has 6 heteroatoms. The van der Waals surface area contributed by atoms with E-state index < -0.39 is 0 Å². The Hall–Kier alpha value is -3.12. The number of likely N-dealkylation sites (N-methyl/N-ethyl adjacent to an activating group) is 1. The van der Waals surface area contributed by atoms with E-state index in [4.69, 9.17) is 0 Å². The number of nitrogens with one attached hydrogen (secondary N) is 2. The maximum absolute atomic E-state index is 12.8. The van der Waals surface area contributed by atoms with Gasteiger partial charge in [-0.3, -0.25) is 14.5 Å². The molecule has 2 aromatic heterocycles. The zero-order valence-electron chi connectivity index (χ0n) is 15.8. The molecule has 1 aliphatic heterocycles. The maximum atomic E-state index is 12.8. The molecule has 29 heavy (non-hydrogen) atoms. The monoisotopic (exact) mass is 447 g/mol. The molecule has 2 amide bonds. The molecule has 0 aliphatic carbocycles. The summed E-state index contributed by atoms with van der Waals surface area (Å²) in [6.45, 7) is 0. The van der Waals surface area contributed by atoms with E-state index >= 15 is 0 Å². The van der Waals surface area contributed by atoms with Gasteiger partial charge in [-0.2, -0.15) is 0 Å². The van der Waals surface area contributed by atoms with E-state index in [9.17, 15) is 9.59 Å². The minimum atomic E-state index is -0.308. The number of carbonyl (C=O) groups is 2. The molecule has 4 aromatic rings. The van der Waals surface area contributed by atoms with Crippen molar-refractivity contribution in [3.8, 4) is 0 Å². The normalized spacial score (nSPS) is 14.8. The number of halogens is 1. The summed E-state index contributed by atoms with van der Waals surface area (Å²) in [6.07, 6.45) is 1.50. The quantitative estimate of drug-likeness (QED) is 0.450. The average Bonchev–Trinajstić information content (AvgIpc) is 3.36. The minimum absolute atomic E-state index is 0.279. The SMILES string of the molecule is CN1C(=O)C(Br)=C(c2c(CCc3cc4ccccc4[nH]3)[nH]c3ccccc23)C1=O. The first kappa shape index (κ1) is 17.9. The third-order valence-corrected chi connectivity index (χ3v) is 6.23. The molecule has 3 heterocycles. The van der Waals surface area contributed by atoms with Gasteiger partial charge in [0.15, 0.2) is 0 Å². The molecule has 0 bridgehead atoms. The molecule has 0 saturated heterocycles. The zero-order valence-corrected chi connectivity index (χ0v) is 17.3. The number of imide groups is 1. The predicted molar refractivity (Wildman–Crippen MR) is 118 cm³/mol. The molecule has 2 N–H and O–H groups in total. The topological polar surface area (TPSA) is 69.0 Å². The van der Waals surface area contributed by atoms with E-state index in [1.54, 1.807) is 0 Å². The van der Waals surface area contributed by atoms with Gasteiger partial charge in [-0.1, -0.05) is 36.4 Å². The Morgan fingerprint density at radius 1 is 0.897 bits per heavy atom. The van der Waals surface area contributed by atoms with Crippen LogP contribution in [0.25, 0.3) is 27.4 Å². The number of hydrogen-bond acceptors (Lipinski definition) is 2. The van der Waals surface area contributed by atoms with Crippen LogP contribution in [0.2, 0.25) is 0 Å². The highest BCUT2D eigenvalue weighted by Gasteiger charge is 2.37. The minimum Gasteiger partial charge on any atom is -0.358 e. The molecule has 2 aromatic carbocycles. The predicted octanol–water partition coefficient (Wildman–Crippen LogP) is 4.54. The van der Waals surface area contributed by atoms with Crippen LogP contribution in [0.3, 0.4) is 0 Å². The van der Waals surface area contributed by atoms with Gasteiger partial charge in [-0.25, -0.2) is 0 Å². The second-order valence-corrected chi connectivity index (χ2v) is 8.06. The highest BCUT2D eigenvalue weighted by atomic mass is 79.9. The van der Waals surface area contributed by atoms with Crippen LogP contribution in [0.1, 0.15) is 17.0 Å². The number of rotatable bonds is 4. The first-order valence-electron chi connectivity index (χ1n) is 9.43. The van der Waals surface area contributed by atoms with Gasteiger partial charge in [-0.05, 0) is 52.4 Å². The molecule has 0 unspecified atom stereocenters. The second kappa shape index (κ2) is 6.74. The van der Waals surface area contributed by atoms with E-state index in [2.05, 4.69) is 44.1 Å². The maximum Gasteiger partial charge on any atom is 0.268 e. The molecule has 0 atom stereocenters. The van der Waals surface area contributed by atoms with Gasteiger partial charge in [0.1, 0.15) is 0 Å². The molecule has 5 rings (SSSR count). The van der Waals surface area contributed by atoms with Gasteiger partial charge in [0.2, 0.25) is 0 Å². The van der Waals surface area contributed by atoms with E-state index in [1.807, 2.05) is 36.4 Å². The molecule has 0 radical (unpaired) electrons. The lowest BCUT2D eigenvalue weighted by molar-refractivity contribution is -0.134. The van der Waals surface area contributed by atoms with Crippen molar-refractivity contribution in [2.45, 2.75) is 12.8 Å². The Balaban J connectivity index is 1.58. The van der Waals surface area contributed by atoms with Crippen molar-refractivity contribution in [2.24, 2.45) is 0 Å². The van der Waals surface area contributed by atoms with E-state index in [0.29, 0.717) is 16.5 Å². The van der Waals surface area contributed by atoms with Crippen molar-refractivity contribution in [1.82, 2.24) is 14.9 Å². The van der Waals surface area contributed by atoms with Crippen LogP contribution >= 0.6 is 15.9 Å². The van der Waals surface area contributed by atoms with Crippen LogP contribution in [0.15, 0.2) is 59.1 Å². The van der Waals surface area contributed by atoms with Crippen LogP contribution in [0.4, 0.5) is 0 Å². The van der Waals surface area contributed by atoms with E-state index in [-0.39, 0.29) is 11.8 Å². The number of benzene rings is 2. The second-order valence-electron chi connectivity index (χ2n) is 7.26.